The molecule has 0 heterocycles. The minimum absolute atomic E-state index is 0.0130. The number of carbonyl (C=O) groups is 1. The third-order valence-electron chi connectivity index (χ3n) is 15.2. The normalized spacial score (nSPS) is 14.2. The van der Waals surface area contributed by atoms with Crippen LogP contribution in [0, 0.1) is 0 Å². The number of nitrogens with one attached hydrogen (secondary N) is 1. The topological polar surface area (TPSA) is 108 Å². The van der Waals surface area contributed by atoms with Crippen LogP contribution in [0.4, 0.5) is 0 Å². The summed E-state index contributed by atoms with van der Waals surface area (Å²) in [5, 5.41) is 14.0. The lowest BCUT2D eigenvalue weighted by molar-refractivity contribution is -0.870. The van der Waals surface area contributed by atoms with E-state index in [-0.39, 0.29) is 19.1 Å². The van der Waals surface area contributed by atoms with Gasteiger partial charge >= 0.3 is 0 Å². The van der Waals surface area contributed by atoms with Gasteiger partial charge in [-0.3, -0.25) is 9.36 Å². The highest BCUT2D eigenvalue weighted by atomic mass is 31.2. The van der Waals surface area contributed by atoms with Gasteiger partial charge in [0.2, 0.25) is 5.91 Å². The predicted octanol–water partition coefficient (Wildman–Crippen LogP) is 20.8. The number of phosphoric acid groups is 1. The van der Waals surface area contributed by atoms with Crippen LogP contribution in [0.5, 0.6) is 0 Å². The summed E-state index contributed by atoms with van der Waals surface area (Å²) < 4.78 is 23.5. The summed E-state index contributed by atoms with van der Waals surface area (Å²) in [5.41, 5.74) is 0. The predicted molar refractivity (Wildman–Crippen MR) is 344 cm³/mol. The molecule has 0 aliphatic heterocycles. The van der Waals surface area contributed by atoms with Crippen LogP contribution in [0.1, 0.15) is 316 Å². The van der Waals surface area contributed by atoms with Crippen molar-refractivity contribution < 1.29 is 32.9 Å². The van der Waals surface area contributed by atoms with E-state index in [2.05, 4.69) is 92.1 Å². The Morgan fingerprint density at radius 3 is 1.13 bits per heavy atom. The van der Waals surface area contributed by atoms with Crippen LogP contribution in [0.15, 0.2) is 72.9 Å². The average Bonchev–Trinajstić information content (AvgIpc) is 3.42. The van der Waals surface area contributed by atoms with Crippen molar-refractivity contribution >= 4 is 13.7 Å². The summed E-state index contributed by atoms with van der Waals surface area (Å²) in [6.45, 7) is 4.64. The largest absolute Gasteiger partial charge is 0.756 e. The molecule has 0 saturated heterocycles. The third-order valence-corrected chi connectivity index (χ3v) is 16.2. The standard InChI is InChI=1S/C70H131N2O6P/c1-6-8-10-12-14-16-18-20-22-24-25-26-27-28-29-30-31-32-33-34-35-36-37-38-39-40-41-42-43-44-45-46-47-48-50-52-54-56-58-60-62-64-70(74)71-68(67-78-79(75,76)77-66-65-72(3,4)5)69(73)63-61-59-57-55-53-51-49-23-21-19-17-15-13-11-9-7-2/h8,10,14,16,20,22,25-26,28-29,31-32,68-69,73H,6-7,9,11-13,15,17-19,21,23-24,27,30,33-67H2,1-5H3,(H-,71,74,75,76)/b10-8-,16-14-,22-20-,26-25-,29-28-,32-31-. The molecule has 0 aromatic carbocycles. The Kier molecular flexibility index (Phi) is 59.0. The van der Waals surface area contributed by atoms with Gasteiger partial charge in [0.25, 0.3) is 7.82 Å². The zero-order valence-corrected chi connectivity index (χ0v) is 53.7. The summed E-state index contributed by atoms with van der Waals surface area (Å²) in [5.74, 6) is -0.160. The fraction of sp³-hybridized carbons (Fsp3) is 0.814. The van der Waals surface area contributed by atoms with Crippen molar-refractivity contribution in [1.29, 1.82) is 0 Å². The molecule has 0 aromatic heterocycles. The molecule has 0 aromatic rings. The van der Waals surface area contributed by atoms with E-state index in [0.717, 1.165) is 77.0 Å². The Morgan fingerprint density at radius 2 is 0.772 bits per heavy atom. The molecule has 3 atom stereocenters. The number of amides is 1. The quantitative estimate of drug-likeness (QED) is 0.0272. The van der Waals surface area contributed by atoms with Crippen molar-refractivity contribution in [3.05, 3.63) is 72.9 Å². The Labute approximate surface area is 491 Å². The Bertz CT molecular complexity index is 1520. The van der Waals surface area contributed by atoms with Crippen molar-refractivity contribution in [2.45, 2.75) is 328 Å². The molecule has 3 unspecified atom stereocenters. The van der Waals surface area contributed by atoms with E-state index in [0.29, 0.717) is 23.9 Å². The highest BCUT2D eigenvalue weighted by molar-refractivity contribution is 7.45. The van der Waals surface area contributed by atoms with Crippen LogP contribution in [-0.2, 0) is 18.4 Å². The number of phosphoric ester groups is 1. The first-order chi connectivity index (χ1) is 38.5. The molecule has 0 fully saturated rings. The number of aliphatic hydroxyl groups is 1. The number of hydrogen-bond acceptors (Lipinski definition) is 6. The van der Waals surface area contributed by atoms with Gasteiger partial charge in [-0.25, -0.2) is 0 Å². The van der Waals surface area contributed by atoms with Crippen LogP contribution in [0.3, 0.4) is 0 Å². The molecule has 0 aliphatic carbocycles. The van der Waals surface area contributed by atoms with E-state index in [1.54, 1.807) is 0 Å². The maximum atomic E-state index is 13.0. The van der Waals surface area contributed by atoms with Crippen LogP contribution in [0.25, 0.3) is 0 Å². The zero-order valence-electron chi connectivity index (χ0n) is 52.8. The van der Waals surface area contributed by atoms with Crippen LogP contribution in [-0.4, -0.2) is 68.5 Å². The summed E-state index contributed by atoms with van der Waals surface area (Å²) in [6, 6.07) is -0.801. The van der Waals surface area contributed by atoms with E-state index in [4.69, 9.17) is 9.05 Å². The second kappa shape index (κ2) is 60.5. The van der Waals surface area contributed by atoms with Gasteiger partial charge in [0.1, 0.15) is 13.2 Å². The van der Waals surface area contributed by atoms with Gasteiger partial charge in [-0.1, -0.05) is 318 Å². The molecule has 1 amide bonds. The lowest BCUT2D eigenvalue weighted by Crippen LogP contribution is -2.46. The highest BCUT2D eigenvalue weighted by Crippen LogP contribution is 2.38. The minimum atomic E-state index is -4.57. The average molecular weight is 1130 g/mol. The van der Waals surface area contributed by atoms with Gasteiger partial charge in [-0.2, -0.15) is 0 Å². The molecule has 0 saturated carbocycles. The number of unbranched alkanes of at least 4 members (excludes halogenated alkanes) is 37. The van der Waals surface area contributed by atoms with Crippen LogP contribution >= 0.6 is 7.82 Å². The number of rotatable bonds is 62. The lowest BCUT2D eigenvalue weighted by atomic mass is 10.0. The molecule has 0 bridgehead atoms. The number of quaternary nitrogens is 1. The number of likely N-dealkylation sites (N-methyl/N-ethyl adjacent to an activating group) is 1. The molecule has 462 valence electrons. The number of nitrogens with zero attached hydrogens (tertiary/aromatic N) is 1. The summed E-state index contributed by atoms with van der Waals surface area (Å²) in [4.78, 5) is 25.6. The molecular weight excluding hydrogens is 996 g/mol. The minimum Gasteiger partial charge on any atom is -0.756 e. The Balaban J connectivity index is 3.90. The van der Waals surface area contributed by atoms with Crippen molar-refractivity contribution in [3.63, 3.8) is 0 Å². The number of allylic oxidation sites excluding steroid dienone is 12. The van der Waals surface area contributed by atoms with Crippen molar-refractivity contribution in [3.8, 4) is 0 Å². The SMILES string of the molecule is CC/C=C\C/C=C\C/C=C\C/C=C\C/C=C\C/C=C\CCCCCCCCCCCCCCCCCCCCCCCCC(=O)NC(COP(=O)([O-])OCC[N+](C)(C)C)C(O)CCCCCCCCCCCCCCCCCC. The molecule has 79 heavy (non-hydrogen) atoms. The number of aliphatic hydroxyl groups excluding tert-OH is 1. The second-order valence-corrected chi connectivity index (χ2v) is 25.6. The van der Waals surface area contributed by atoms with E-state index in [1.807, 2.05) is 21.1 Å². The molecule has 2 N–H and O–H groups in total. The van der Waals surface area contributed by atoms with E-state index in [1.165, 1.54) is 212 Å². The highest BCUT2D eigenvalue weighted by Gasteiger charge is 2.24. The monoisotopic (exact) mass is 1130 g/mol. The van der Waals surface area contributed by atoms with Crippen molar-refractivity contribution in [2.24, 2.45) is 0 Å². The van der Waals surface area contributed by atoms with Crippen LogP contribution < -0.4 is 10.2 Å². The van der Waals surface area contributed by atoms with E-state index >= 15 is 0 Å². The lowest BCUT2D eigenvalue weighted by Gasteiger charge is -2.30. The molecule has 0 rings (SSSR count). The second-order valence-electron chi connectivity index (χ2n) is 24.2. The van der Waals surface area contributed by atoms with Crippen LogP contribution in [0.2, 0.25) is 0 Å². The summed E-state index contributed by atoms with van der Waals surface area (Å²) >= 11 is 0. The number of hydrogen-bond donors (Lipinski definition) is 2. The Hall–Kier alpha value is -2.06. The zero-order chi connectivity index (χ0) is 57.7. The first kappa shape index (κ1) is 76.9. The van der Waals surface area contributed by atoms with Crippen molar-refractivity contribution in [2.75, 3.05) is 40.9 Å². The molecule has 8 nitrogen and oxygen atoms in total. The maximum absolute atomic E-state index is 13.0. The fourth-order valence-electron chi connectivity index (χ4n) is 9.99. The first-order valence-electron chi connectivity index (χ1n) is 33.8. The van der Waals surface area contributed by atoms with Gasteiger partial charge < -0.3 is 28.8 Å². The summed E-state index contributed by atoms with van der Waals surface area (Å²) in [6.07, 6.45) is 84.0. The molecule has 0 aliphatic rings. The van der Waals surface area contributed by atoms with E-state index in [9.17, 15) is 19.4 Å². The van der Waals surface area contributed by atoms with Crippen molar-refractivity contribution in [1.82, 2.24) is 5.32 Å². The smallest absolute Gasteiger partial charge is 0.268 e. The fourth-order valence-corrected chi connectivity index (χ4v) is 10.7. The van der Waals surface area contributed by atoms with Gasteiger partial charge in [-0.05, 0) is 64.2 Å². The summed E-state index contributed by atoms with van der Waals surface area (Å²) in [7, 11) is 1.32. The maximum Gasteiger partial charge on any atom is 0.268 e. The first-order valence-corrected chi connectivity index (χ1v) is 35.2. The molecular formula is C70H131N2O6P. The van der Waals surface area contributed by atoms with Gasteiger partial charge in [0.15, 0.2) is 0 Å². The van der Waals surface area contributed by atoms with Gasteiger partial charge in [0, 0.05) is 6.42 Å². The van der Waals surface area contributed by atoms with E-state index < -0.39 is 20.0 Å². The van der Waals surface area contributed by atoms with Gasteiger partial charge in [-0.15, -0.1) is 0 Å². The molecule has 0 spiro atoms. The third kappa shape index (κ3) is 63.4. The number of carbonyl (C=O) groups excluding carboxylic acids is 1. The Morgan fingerprint density at radius 1 is 0.456 bits per heavy atom. The van der Waals surface area contributed by atoms with Gasteiger partial charge in [0.05, 0.1) is 39.9 Å². The molecule has 9 heteroatoms. The molecule has 0 radical (unpaired) electrons.